The molecule has 0 spiro atoms. The fourth-order valence-corrected chi connectivity index (χ4v) is 4.01. The summed E-state index contributed by atoms with van der Waals surface area (Å²) in [5.74, 6) is 1.86. The van der Waals surface area contributed by atoms with E-state index in [1.54, 1.807) is 12.2 Å². The van der Waals surface area contributed by atoms with Crippen LogP contribution >= 0.6 is 0 Å². The molecule has 0 amide bonds. The molecular weight excluding hydrogens is 314 g/mol. The van der Waals surface area contributed by atoms with Gasteiger partial charge in [-0.05, 0) is 61.5 Å². The number of nitrogens with zero attached hydrogens (tertiary/aromatic N) is 1. The number of aromatic nitrogens is 1. The number of rotatable bonds is 7. The van der Waals surface area contributed by atoms with E-state index in [0.29, 0.717) is 0 Å². The molecule has 1 nitrogen and oxygen atoms in total. The van der Waals surface area contributed by atoms with Crippen LogP contribution in [0.2, 0.25) is 0 Å². The van der Waals surface area contributed by atoms with Gasteiger partial charge in [-0.2, -0.15) is 0 Å². The van der Waals surface area contributed by atoms with Crippen LogP contribution in [0, 0.1) is 18.8 Å². The fourth-order valence-electron chi connectivity index (χ4n) is 4.01. The average Bonchev–Trinajstić information content (AvgIpc) is 3.11. The maximum absolute atomic E-state index is 4.38. The highest BCUT2D eigenvalue weighted by atomic mass is 14.6. The minimum Gasteiger partial charge on any atom is -0.261 e. The molecule has 0 N–H and O–H groups in total. The van der Waals surface area contributed by atoms with Crippen LogP contribution in [-0.2, 0) is 6.42 Å². The summed E-state index contributed by atoms with van der Waals surface area (Å²) in [4.78, 5) is 4.38. The number of hydrogen-bond donors (Lipinski definition) is 0. The summed E-state index contributed by atoms with van der Waals surface area (Å²) in [5, 5.41) is 2.58. The zero-order valence-electron chi connectivity index (χ0n) is 16.3. The molecule has 3 rings (SSSR count). The minimum atomic E-state index is 0.926. The Morgan fingerprint density at radius 2 is 1.73 bits per heavy atom. The lowest BCUT2D eigenvalue weighted by molar-refractivity contribution is 0.346. The van der Waals surface area contributed by atoms with Crippen LogP contribution in [0.4, 0.5) is 0 Å². The van der Waals surface area contributed by atoms with Gasteiger partial charge in [-0.25, -0.2) is 0 Å². The van der Waals surface area contributed by atoms with Crippen molar-refractivity contribution in [1.82, 2.24) is 4.98 Å². The minimum absolute atomic E-state index is 0.926. The first-order valence-corrected chi connectivity index (χ1v) is 9.87. The summed E-state index contributed by atoms with van der Waals surface area (Å²) in [6, 6.07) is 9.06. The number of fused-ring (bicyclic) bond motifs is 1. The molecule has 26 heavy (non-hydrogen) atoms. The van der Waals surface area contributed by atoms with Crippen LogP contribution < -0.4 is 0 Å². The second kappa shape index (κ2) is 10.8. The number of allylic oxidation sites excluding steroid dienone is 3. The van der Waals surface area contributed by atoms with Gasteiger partial charge in [0.15, 0.2) is 0 Å². The van der Waals surface area contributed by atoms with Gasteiger partial charge in [-0.3, -0.25) is 4.98 Å². The molecule has 1 saturated carbocycles. The summed E-state index contributed by atoms with van der Waals surface area (Å²) in [6.07, 6.45) is 16.7. The van der Waals surface area contributed by atoms with E-state index in [0.717, 1.165) is 17.5 Å². The first kappa shape index (κ1) is 20.2. The predicted molar refractivity (Wildman–Crippen MR) is 115 cm³/mol. The first-order chi connectivity index (χ1) is 12.7. The zero-order chi connectivity index (χ0) is 18.8. The molecule has 138 valence electrons. The highest BCUT2D eigenvalue weighted by Crippen LogP contribution is 2.37. The maximum Gasteiger partial charge on any atom is 0.0379 e. The summed E-state index contributed by atoms with van der Waals surface area (Å²) in [5.41, 5.74) is 2.58. The Bertz CT molecular complexity index is 722. The Kier molecular flexibility index (Phi) is 8.34. The van der Waals surface area contributed by atoms with Gasteiger partial charge < -0.3 is 0 Å². The largest absolute Gasteiger partial charge is 0.261 e. The molecule has 1 aromatic carbocycles. The maximum atomic E-state index is 4.38. The molecule has 0 bridgehead atoms. The van der Waals surface area contributed by atoms with Crippen molar-refractivity contribution in [2.24, 2.45) is 11.8 Å². The number of benzene rings is 1. The van der Waals surface area contributed by atoms with Gasteiger partial charge in [0.05, 0.1) is 0 Å². The fraction of sp³-hybridized carbons (Fsp3) is 0.400. The summed E-state index contributed by atoms with van der Waals surface area (Å²) in [6.45, 7) is 12.7. The topological polar surface area (TPSA) is 12.9 Å². The third-order valence-corrected chi connectivity index (χ3v) is 5.45. The van der Waals surface area contributed by atoms with Crippen molar-refractivity contribution >= 4 is 10.8 Å². The van der Waals surface area contributed by atoms with E-state index in [4.69, 9.17) is 0 Å². The standard InChI is InChI=1S/C21H27N.C4H6/c1-3-4-6-18-7-5-8-19(18)11-9-17-10-12-20-15-22-16(2)13-21(20)14-17;1-3-4-2/h3,10,12-15,18-19H,1,4-9,11H2,2H3;3-4H,1-2H2/t18?,19-;/m1./s1. The van der Waals surface area contributed by atoms with Crippen molar-refractivity contribution in [3.63, 3.8) is 0 Å². The van der Waals surface area contributed by atoms with Crippen molar-refractivity contribution in [3.8, 4) is 0 Å². The molecule has 1 aliphatic carbocycles. The van der Waals surface area contributed by atoms with E-state index in [1.165, 1.54) is 61.3 Å². The van der Waals surface area contributed by atoms with Crippen LogP contribution in [0.3, 0.4) is 0 Å². The lowest BCUT2D eigenvalue weighted by atomic mass is 9.87. The van der Waals surface area contributed by atoms with Gasteiger partial charge in [0.2, 0.25) is 0 Å². The van der Waals surface area contributed by atoms with E-state index >= 15 is 0 Å². The average molecular weight is 348 g/mol. The van der Waals surface area contributed by atoms with Crippen LogP contribution in [0.5, 0.6) is 0 Å². The van der Waals surface area contributed by atoms with Gasteiger partial charge in [0, 0.05) is 17.3 Å². The van der Waals surface area contributed by atoms with E-state index < -0.39 is 0 Å². The van der Waals surface area contributed by atoms with Crippen LogP contribution in [0.15, 0.2) is 68.4 Å². The Labute approximate surface area is 159 Å². The molecule has 1 heterocycles. The van der Waals surface area contributed by atoms with Crippen molar-refractivity contribution in [1.29, 1.82) is 0 Å². The SMILES string of the molecule is C=CC=C.C=CCCC1CCC[C@@H]1CCc1ccc2cnc(C)cc2c1. The molecule has 1 unspecified atom stereocenters. The van der Waals surface area contributed by atoms with Gasteiger partial charge >= 0.3 is 0 Å². The van der Waals surface area contributed by atoms with Gasteiger partial charge in [0.25, 0.3) is 0 Å². The third kappa shape index (κ3) is 5.98. The second-order valence-corrected chi connectivity index (χ2v) is 7.33. The molecule has 1 heteroatoms. The van der Waals surface area contributed by atoms with Crippen LogP contribution in [-0.4, -0.2) is 4.98 Å². The number of hydrogen-bond acceptors (Lipinski definition) is 1. The summed E-state index contributed by atoms with van der Waals surface area (Å²) >= 11 is 0. The molecule has 1 fully saturated rings. The molecule has 2 aromatic rings. The van der Waals surface area contributed by atoms with Crippen LogP contribution in [0.25, 0.3) is 10.8 Å². The first-order valence-electron chi connectivity index (χ1n) is 9.87. The van der Waals surface area contributed by atoms with Gasteiger partial charge in [-0.1, -0.05) is 68.8 Å². The van der Waals surface area contributed by atoms with E-state index in [-0.39, 0.29) is 0 Å². The molecule has 1 aromatic heterocycles. The summed E-state index contributed by atoms with van der Waals surface area (Å²) < 4.78 is 0. The number of aryl methyl sites for hydroxylation is 2. The molecule has 0 saturated heterocycles. The monoisotopic (exact) mass is 347 g/mol. The van der Waals surface area contributed by atoms with Gasteiger partial charge in [0.1, 0.15) is 0 Å². The Balaban J connectivity index is 0.000000552. The van der Waals surface area contributed by atoms with Crippen molar-refractivity contribution in [2.45, 2.75) is 51.9 Å². The molecule has 2 atom stereocenters. The lowest BCUT2D eigenvalue weighted by Gasteiger charge is -2.19. The highest BCUT2D eigenvalue weighted by molar-refractivity contribution is 5.82. The van der Waals surface area contributed by atoms with Crippen LogP contribution in [0.1, 0.15) is 49.8 Å². The van der Waals surface area contributed by atoms with Crippen molar-refractivity contribution in [2.75, 3.05) is 0 Å². The van der Waals surface area contributed by atoms with E-state index in [1.807, 2.05) is 6.20 Å². The third-order valence-electron chi connectivity index (χ3n) is 5.45. The normalized spacial score (nSPS) is 18.8. The molecule has 0 radical (unpaired) electrons. The Morgan fingerprint density at radius 3 is 2.42 bits per heavy atom. The summed E-state index contributed by atoms with van der Waals surface area (Å²) in [7, 11) is 0. The molecule has 1 aliphatic rings. The molecular formula is C25H33N. The molecule has 0 aliphatic heterocycles. The quantitative estimate of drug-likeness (QED) is 0.380. The number of pyridine rings is 1. The highest BCUT2D eigenvalue weighted by Gasteiger charge is 2.25. The van der Waals surface area contributed by atoms with E-state index in [9.17, 15) is 0 Å². The van der Waals surface area contributed by atoms with Crippen molar-refractivity contribution < 1.29 is 0 Å². The Morgan fingerprint density at radius 1 is 1.00 bits per heavy atom. The second-order valence-electron chi connectivity index (χ2n) is 7.33. The lowest BCUT2D eigenvalue weighted by Crippen LogP contribution is -2.09. The van der Waals surface area contributed by atoms with E-state index in [2.05, 4.69) is 62.0 Å². The Hall–Kier alpha value is -2.15. The smallest absolute Gasteiger partial charge is 0.0379 e. The van der Waals surface area contributed by atoms with Crippen molar-refractivity contribution in [3.05, 3.63) is 79.7 Å². The zero-order valence-corrected chi connectivity index (χ0v) is 16.3. The predicted octanol–water partition coefficient (Wildman–Crippen LogP) is 7.22. The van der Waals surface area contributed by atoms with Gasteiger partial charge in [-0.15, -0.1) is 6.58 Å².